The van der Waals surface area contributed by atoms with Gasteiger partial charge in [-0.05, 0) is 25.5 Å². The van der Waals surface area contributed by atoms with E-state index in [9.17, 15) is 4.79 Å². The van der Waals surface area contributed by atoms with Crippen LogP contribution in [0.15, 0.2) is 18.2 Å². The zero-order valence-electron chi connectivity index (χ0n) is 11.3. The molecule has 5 nitrogen and oxygen atoms in total. The average Bonchev–Trinajstić information content (AvgIpc) is 2.40. The van der Waals surface area contributed by atoms with Crippen LogP contribution in [0.2, 0.25) is 0 Å². The normalized spacial score (nSPS) is 10.2. The zero-order valence-corrected chi connectivity index (χ0v) is 11.3. The maximum Gasteiger partial charge on any atom is 0.339 e. The fourth-order valence-corrected chi connectivity index (χ4v) is 1.55. The van der Waals surface area contributed by atoms with Gasteiger partial charge in [-0.2, -0.15) is 0 Å². The van der Waals surface area contributed by atoms with Gasteiger partial charge in [0.15, 0.2) is 11.5 Å². The number of carboxylic acids is 1. The molecular formula is C14H20O5. The molecule has 0 unspecified atom stereocenters. The molecule has 5 heteroatoms. The van der Waals surface area contributed by atoms with Crippen molar-refractivity contribution in [3.8, 4) is 11.5 Å². The molecule has 0 atom stereocenters. The highest BCUT2D eigenvalue weighted by Gasteiger charge is 2.16. The van der Waals surface area contributed by atoms with Gasteiger partial charge in [0.1, 0.15) is 12.2 Å². The van der Waals surface area contributed by atoms with Gasteiger partial charge in [-0.1, -0.05) is 13.0 Å². The molecule has 1 aromatic carbocycles. The molecule has 0 aromatic heterocycles. The van der Waals surface area contributed by atoms with E-state index in [0.717, 1.165) is 6.42 Å². The van der Waals surface area contributed by atoms with Crippen molar-refractivity contribution in [1.82, 2.24) is 0 Å². The Morgan fingerprint density at radius 2 is 1.95 bits per heavy atom. The van der Waals surface area contributed by atoms with E-state index in [2.05, 4.69) is 0 Å². The SMILES string of the molecule is CCCOCCOc1c(OCC)cccc1C(=O)O. The molecule has 0 spiro atoms. The topological polar surface area (TPSA) is 65.0 Å². The molecule has 1 aromatic rings. The Balaban J connectivity index is 2.73. The summed E-state index contributed by atoms with van der Waals surface area (Å²) < 4.78 is 16.2. The second-order valence-electron chi connectivity index (χ2n) is 3.83. The van der Waals surface area contributed by atoms with Gasteiger partial charge < -0.3 is 19.3 Å². The molecule has 0 saturated heterocycles. The molecule has 0 aliphatic heterocycles. The molecule has 0 bridgehead atoms. The number of hydrogen-bond acceptors (Lipinski definition) is 4. The molecule has 19 heavy (non-hydrogen) atoms. The Labute approximate surface area is 113 Å². The number of hydrogen-bond donors (Lipinski definition) is 1. The monoisotopic (exact) mass is 268 g/mol. The second kappa shape index (κ2) is 8.37. The highest BCUT2D eigenvalue weighted by Crippen LogP contribution is 2.31. The first-order chi connectivity index (χ1) is 9.20. The lowest BCUT2D eigenvalue weighted by Crippen LogP contribution is -2.11. The lowest BCUT2D eigenvalue weighted by Gasteiger charge is -2.14. The largest absolute Gasteiger partial charge is 0.490 e. The van der Waals surface area contributed by atoms with Gasteiger partial charge in [-0.3, -0.25) is 0 Å². The van der Waals surface area contributed by atoms with Gasteiger partial charge in [0, 0.05) is 6.61 Å². The molecule has 0 aliphatic carbocycles. The van der Waals surface area contributed by atoms with Crippen molar-refractivity contribution in [3.63, 3.8) is 0 Å². The number of para-hydroxylation sites is 1. The molecule has 0 aliphatic rings. The van der Waals surface area contributed by atoms with Crippen molar-refractivity contribution in [1.29, 1.82) is 0 Å². The lowest BCUT2D eigenvalue weighted by molar-refractivity contribution is 0.0683. The van der Waals surface area contributed by atoms with E-state index < -0.39 is 5.97 Å². The first-order valence-corrected chi connectivity index (χ1v) is 6.40. The van der Waals surface area contributed by atoms with E-state index in [0.29, 0.717) is 32.2 Å². The van der Waals surface area contributed by atoms with E-state index in [-0.39, 0.29) is 11.3 Å². The van der Waals surface area contributed by atoms with Crippen LogP contribution in [0.3, 0.4) is 0 Å². The van der Waals surface area contributed by atoms with Crippen LogP contribution in [0, 0.1) is 0 Å². The van der Waals surface area contributed by atoms with E-state index in [1.807, 2.05) is 13.8 Å². The maximum atomic E-state index is 11.1. The van der Waals surface area contributed by atoms with E-state index in [1.165, 1.54) is 6.07 Å². The molecule has 1 N–H and O–H groups in total. The van der Waals surface area contributed by atoms with Crippen molar-refractivity contribution in [2.24, 2.45) is 0 Å². The van der Waals surface area contributed by atoms with Crippen LogP contribution in [0.4, 0.5) is 0 Å². The third-order valence-electron chi connectivity index (χ3n) is 2.33. The maximum absolute atomic E-state index is 11.1. The van der Waals surface area contributed by atoms with Crippen LogP contribution in [0.25, 0.3) is 0 Å². The van der Waals surface area contributed by atoms with Crippen molar-refractivity contribution in [2.45, 2.75) is 20.3 Å². The summed E-state index contributed by atoms with van der Waals surface area (Å²) in [7, 11) is 0. The van der Waals surface area contributed by atoms with Crippen LogP contribution >= 0.6 is 0 Å². The molecule has 0 saturated carbocycles. The number of carbonyl (C=O) groups is 1. The van der Waals surface area contributed by atoms with Gasteiger partial charge in [-0.25, -0.2) is 4.79 Å². The summed E-state index contributed by atoms with van der Waals surface area (Å²) in [6, 6.07) is 4.82. The molecule has 0 radical (unpaired) electrons. The number of benzene rings is 1. The van der Waals surface area contributed by atoms with Gasteiger partial charge in [-0.15, -0.1) is 0 Å². The van der Waals surface area contributed by atoms with Crippen LogP contribution in [0.1, 0.15) is 30.6 Å². The molecule has 0 heterocycles. The number of rotatable bonds is 9. The van der Waals surface area contributed by atoms with Gasteiger partial charge in [0.2, 0.25) is 0 Å². The van der Waals surface area contributed by atoms with Crippen molar-refractivity contribution in [3.05, 3.63) is 23.8 Å². The minimum Gasteiger partial charge on any atom is -0.490 e. The Morgan fingerprint density at radius 3 is 2.58 bits per heavy atom. The van der Waals surface area contributed by atoms with Crippen LogP contribution < -0.4 is 9.47 Å². The summed E-state index contributed by atoms with van der Waals surface area (Å²) in [4.78, 5) is 11.1. The van der Waals surface area contributed by atoms with Crippen LogP contribution in [-0.2, 0) is 4.74 Å². The molecule has 1 rings (SSSR count). The Bertz CT molecular complexity index is 403. The second-order valence-corrected chi connectivity index (χ2v) is 3.83. The first-order valence-electron chi connectivity index (χ1n) is 6.40. The summed E-state index contributed by atoms with van der Waals surface area (Å²) in [5, 5.41) is 9.13. The summed E-state index contributed by atoms with van der Waals surface area (Å²) in [6.07, 6.45) is 0.940. The van der Waals surface area contributed by atoms with Crippen molar-refractivity contribution in [2.75, 3.05) is 26.4 Å². The Hall–Kier alpha value is -1.75. The summed E-state index contributed by atoms with van der Waals surface area (Å²) in [6.45, 7) is 5.70. The molecular weight excluding hydrogens is 248 g/mol. The van der Waals surface area contributed by atoms with Gasteiger partial charge >= 0.3 is 5.97 Å². The fraction of sp³-hybridized carbons (Fsp3) is 0.500. The highest BCUT2D eigenvalue weighted by molar-refractivity contribution is 5.92. The minimum absolute atomic E-state index is 0.0986. The number of carboxylic acid groups (broad SMARTS) is 1. The zero-order chi connectivity index (χ0) is 14.1. The lowest BCUT2D eigenvalue weighted by atomic mass is 10.2. The first kappa shape index (κ1) is 15.3. The smallest absolute Gasteiger partial charge is 0.339 e. The third kappa shape index (κ3) is 4.79. The van der Waals surface area contributed by atoms with Crippen LogP contribution in [0.5, 0.6) is 11.5 Å². The quantitative estimate of drug-likeness (QED) is 0.697. The average molecular weight is 268 g/mol. The highest BCUT2D eigenvalue weighted by atomic mass is 16.5. The van der Waals surface area contributed by atoms with Gasteiger partial charge in [0.05, 0.1) is 13.2 Å². The minimum atomic E-state index is -1.04. The third-order valence-corrected chi connectivity index (χ3v) is 2.33. The van der Waals surface area contributed by atoms with E-state index in [1.54, 1.807) is 12.1 Å². The van der Waals surface area contributed by atoms with Crippen molar-refractivity contribution < 1.29 is 24.1 Å². The Kier molecular flexibility index (Phi) is 6.74. The Morgan fingerprint density at radius 1 is 1.16 bits per heavy atom. The van der Waals surface area contributed by atoms with Crippen molar-refractivity contribution >= 4 is 5.97 Å². The standard InChI is InChI=1S/C14H20O5/c1-3-8-17-9-10-19-13-11(14(15)16)6-5-7-12(13)18-4-2/h5-7H,3-4,8-10H2,1-2H3,(H,15,16). The summed E-state index contributed by atoms with van der Waals surface area (Å²) in [5.41, 5.74) is 0.0986. The van der Waals surface area contributed by atoms with Gasteiger partial charge in [0.25, 0.3) is 0 Å². The molecule has 0 amide bonds. The number of aromatic carboxylic acids is 1. The van der Waals surface area contributed by atoms with Crippen LogP contribution in [-0.4, -0.2) is 37.5 Å². The molecule has 0 fully saturated rings. The number of ether oxygens (including phenoxy) is 3. The predicted molar refractivity (Wildman–Crippen MR) is 71.2 cm³/mol. The predicted octanol–water partition coefficient (Wildman–Crippen LogP) is 2.59. The van der Waals surface area contributed by atoms with E-state index >= 15 is 0 Å². The van der Waals surface area contributed by atoms with E-state index in [4.69, 9.17) is 19.3 Å². The summed E-state index contributed by atoms with van der Waals surface area (Å²) >= 11 is 0. The fourth-order valence-electron chi connectivity index (χ4n) is 1.55. The summed E-state index contributed by atoms with van der Waals surface area (Å²) in [5.74, 6) is -0.333. The molecule has 106 valence electrons.